The molecular formula is C20H21F2N5O5. The van der Waals surface area contributed by atoms with Crippen molar-refractivity contribution in [1.29, 1.82) is 0 Å². The zero-order valence-corrected chi connectivity index (χ0v) is 17.1. The Hall–Kier alpha value is -3.41. The molecule has 2 saturated heterocycles. The second kappa shape index (κ2) is 7.33. The van der Waals surface area contributed by atoms with Crippen LogP contribution in [0.5, 0.6) is 5.75 Å². The molecule has 10 nitrogen and oxygen atoms in total. The van der Waals surface area contributed by atoms with Crippen LogP contribution in [0, 0.1) is 0 Å². The number of fused-ring (bicyclic) bond motifs is 3. The number of nitrogens with one attached hydrogen (secondary N) is 1. The SMILES string of the molecule is CC(Nc1ccc2c(c1)OCCn1cc(N3C(=O)OC4(COC4)[C@H]3C(F)F)nc1-2)C(N)=O. The molecule has 2 aromatic rings. The summed E-state index contributed by atoms with van der Waals surface area (Å²) in [5.41, 5.74) is 5.19. The largest absolute Gasteiger partial charge is 0.491 e. The normalized spacial score (nSPS) is 21.8. The molecule has 3 N–H and O–H groups in total. The zero-order valence-electron chi connectivity index (χ0n) is 17.1. The smallest absolute Gasteiger partial charge is 0.416 e. The Balaban J connectivity index is 1.50. The summed E-state index contributed by atoms with van der Waals surface area (Å²) in [7, 11) is 0. The number of amides is 2. The number of hydrogen-bond acceptors (Lipinski definition) is 7. The van der Waals surface area contributed by atoms with Gasteiger partial charge in [0.1, 0.15) is 30.3 Å². The highest BCUT2D eigenvalue weighted by atomic mass is 19.3. The number of ether oxygens (including phenoxy) is 3. The summed E-state index contributed by atoms with van der Waals surface area (Å²) >= 11 is 0. The number of alkyl halides is 2. The van der Waals surface area contributed by atoms with E-state index in [1.165, 1.54) is 0 Å². The van der Waals surface area contributed by atoms with Crippen LogP contribution in [-0.2, 0) is 20.8 Å². The minimum atomic E-state index is -2.83. The third-order valence-electron chi connectivity index (χ3n) is 5.87. The predicted octanol–water partition coefficient (Wildman–Crippen LogP) is 1.59. The molecule has 3 aliphatic rings. The number of carbonyl (C=O) groups is 2. The minimum Gasteiger partial charge on any atom is -0.491 e. The number of imidazole rings is 1. The standard InChI is InChI=1S/C20H21F2N5O5/c1-10(17(23)28)24-11-2-3-12-13(6-11)31-5-4-26-7-14(25-18(12)26)27-15(16(21)22)20(8-30-9-20)32-19(27)29/h2-3,6-7,10,15-16,24H,4-5,8-9H2,1H3,(H2,23,28)/t10?,15-/m1/s1. The molecular weight excluding hydrogens is 428 g/mol. The number of benzene rings is 1. The fourth-order valence-corrected chi connectivity index (χ4v) is 4.14. The molecule has 0 radical (unpaired) electrons. The van der Waals surface area contributed by atoms with Gasteiger partial charge in [-0.3, -0.25) is 4.79 Å². The summed E-state index contributed by atoms with van der Waals surface area (Å²) < 4.78 is 45.8. The Labute approximate surface area is 181 Å². The van der Waals surface area contributed by atoms with Crippen molar-refractivity contribution in [2.45, 2.75) is 37.6 Å². The quantitative estimate of drug-likeness (QED) is 0.711. The Bertz CT molecular complexity index is 1090. The van der Waals surface area contributed by atoms with E-state index >= 15 is 0 Å². The predicted molar refractivity (Wildman–Crippen MR) is 108 cm³/mol. The third-order valence-corrected chi connectivity index (χ3v) is 5.87. The van der Waals surface area contributed by atoms with E-state index in [0.29, 0.717) is 36.0 Å². The lowest BCUT2D eigenvalue weighted by molar-refractivity contribution is -0.184. The van der Waals surface area contributed by atoms with Gasteiger partial charge in [-0.2, -0.15) is 0 Å². The Morgan fingerprint density at radius 1 is 1.38 bits per heavy atom. The molecule has 2 atom stereocenters. The molecule has 0 saturated carbocycles. The molecule has 12 heteroatoms. The maximum atomic E-state index is 13.9. The van der Waals surface area contributed by atoms with Crippen molar-refractivity contribution in [1.82, 2.24) is 9.55 Å². The van der Waals surface area contributed by atoms with Crippen molar-refractivity contribution in [2.75, 3.05) is 30.0 Å². The minimum absolute atomic E-state index is 0.0754. The van der Waals surface area contributed by atoms with Gasteiger partial charge in [0, 0.05) is 18.0 Å². The number of nitrogens with two attached hydrogens (primary N) is 1. The van der Waals surface area contributed by atoms with E-state index in [0.717, 1.165) is 4.90 Å². The maximum Gasteiger partial charge on any atom is 0.416 e. The number of aromatic nitrogens is 2. The topological polar surface area (TPSA) is 121 Å². The number of carbonyl (C=O) groups excluding carboxylic acids is 2. The molecule has 2 amide bonds. The number of primary amides is 1. The van der Waals surface area contributed by atoms with Crippen molar-refractivity contribution < 1.29 is 32.6 Å². The molecule has 1 aromatic carbocycles. The summed E-state index contributed by atoms with van der Waals surface area (Å²) in [6.45, 7) is 2.18. The van der Waals surface area contributed by atoms with Crippen molar-refractivity contribution in [2.24, 2.45) is 5.73 Å². The van der Waals surface area contributed by atoms with Crippen LogP contribution >= 0.6 is 0 Å². The molecule has 1 aromatic heterocycles. The highest BCUT2D eigenvalue weighted by Crippen LogP contribution is 2.43. The van der Waals surface area contributed by atoms with E-state index in [2.05, 4.69) is 10.3 Å². The lowest BCUT2D eigenvalue weighted by Crippen LogP contribution is -2.61. The van der Waals surface area contributed by atoms with Crippen LogP contribution in [0.15, 0.2) is 24.4 Å². The van der Waals surface area contributed by atoms with Gasteiger partial charge < -0.3 is 29.8 Å². The lowest BCUT2D eigenvalue weighted by atomic mass is 9.92. The first-order valence-corrected chi connectivity index (χ1v) is 10.1. The van der Waals surface area contributed by atoms with Gasteiger partial charge in [-0.15, -0.1) is 0 Å². The fraction of sp³-hybridized carbons (Fsp3) is 0.450. The van der Waals surface area contributed by atoms with Gasteiger partial charge in [-0.1, -0.05) is 0 Å². The molecule has 2 fully saturated rings. The van der Waals surface area contributed by atoms with Crippen LogP contribution < -0.4 is 20.7 Å². The average molecular weight is 449 g/mol. The van der Waals surface area contributed by atoms with Gasteiger partial charge in [0.25, 0.3) is 6.43 Å². The number of nitrogens with zero attached hydrogens (tertiary/aromatic N) is 3. The molecule has 0 aliphatic carbocycles. The van der Waals surface area contributed by atoms with Gasteiger partial charge in [-0.05, 0) is 19.1 Å². The average Bonchev–Trinajstić information content (AvgIpc) is 3.21. The van der Waals surface area contributed by atoms with Gasteiger partial charge >= 0.3 is 6.09 Å². The Morgan fingerprint density at radius 3 is 2.81 bits per heavy atom. The third kappa shape index (κ3) is 3.13. The number of hydrogen-bond donors (Lipinski definition) is 2. The van der Waals surface area contributed by atoms with Crippen LogP contribution in [-0.4, -0.2) is 65.5 Å². The summed E-state index contributed by atoms with van der Waals surface area (Å²) in [5.74, 6) is 0.549. The number of rotatable bonds is 5. The van der Waals surface area contributed by atoms with E-state index in [4.69, 9.17) is 19.9 Å². The van der Waals surface area contributed by atoms with Gasteiger partial charge in [0.15, 0.2) is 11.4 Å². The Kier molecular flexibility index (Phi) is 4.69. The van der Waals surface area contributed by atoms with Crippen LogP contribution in [0.2, 0.25) is 0 Å². The molecule has 5 rings (SSSR count). The molecule has 170 valence electrons. The molecule has 1 unspecified atom stereocenters. The van der Waals surface area contributed by atoms with Crippen LogP contribution in [0.3, 0.4) is 0 Å². The molecule has 32 heavy (non-hydrogen) atoms. The first-order chi connectivity index (χ1) is 15.3. The number of anilines is 2. The van der Waals surface area contributed by atoms with E-state index in [9.17, 15) is 18.4 Å². The van der Waals surface area contributed by atoms with E-state index in [1.54, 1.807) is 35.9 Å². The summed E-state index contributed by atoms with van der Waals surface area (Å²) in [6.07, 6.45) is -2.16. The molecule has 0 bridgehead atoms. The van der Waals surface area contributed by atoms with Crippen molar-refractivity contribution >= 4 is 23.5 Å². The van der Waals surface area contributed by atoms with E-state index in [1.807, 2.05) is 0 Å². The van der Waals surface area contributed by atoms with E-state index in [-0.39, 0.29) is 19.0 Å². The lowest BCUT2D eigenvalue weighted by Gasteiger charge is -2.40. The maximum absolute atomic E-state index is 13.9. The van der Waals surface area contributed by atoms with Crippen LogP contribution in [0.25, 0.3) is 11.4 Å². The van der Waals surface area contributed by atoms with Crippen LogP contribution in [0.4, 0.5) is 25.1 Å². The van der Waals surface area contributed by atoms with Gasteiger partial charge in [0.05, 0.1) is 25.3 Å². The van der Waals surface area contributed by atoms with Crippen LogP contribution in [0.1, 0.15) is 6.92 Å². The molecule has 3 aliphatic heterocycles. The Morgan fingerprint density at radius 2 is 2.16 bits per heavy atom. The van der Waals surface area contributed by atoms with Gasteiger partial charge in [-0.25, -0.2) is 23.5 Å². The van der Waals surface area contributed by atoms with Crippen molar-refractivity contribution in [3.05, 3.63) is 24.4 Å². The first kappa shape index (κ1) is 20.5. The second-order valence-corrected chi connectivity index (χ2v) is 8.02. The summed E-state index contributed by atoms with van der Waals surface area (Å²) in [6, 6.07) is 3.13. The second-order valence-electron chi connectivity index (χ2n) is 8.02. The van der Waals surface area contributed by atoms with Gasteiger partial charge in [0.2, 0.25) is 5.91 Å². The first-order valence-electron chi connectivity index (χ1n) is 10.1. The molecule has 1 spiro atoms. The van der Waals surface area contributed by atoms with Crippen molar-refractivity contribution in [3.8, 4) is 17.1 Å². The highest BCUT2D eigenvalue weighted by Gasteiger charge is 2.63. The highest BCUT2D eigenvalue weighted by molar-refractivity contribution is 5.91. The fourth-order valence-electron chi connectivity index (χ4n) is 4.14. The monoisotopic (exact) mass is 449 g/mol. The zero-order chi connectivity index (χ0) is 22.6. The molecule has 4 heterocycles. The summed E-state index contributed by atoms with van der Waals surface area (Å²) in [4.78, 5) is 29.3. The summed E-state index contributed by atoms with van der Waals surface area (Å²) in [5, 5.41) is 2.99. The van der Waals surface area contributed by atoms with Crippen molar-refractivity contribution in [3.63, 3.8) is 0 Å². The van der Waals surface area contributed by atoms with E-state index < -0.39 is 36.1 Å². The number of halogens is 2.